The van der Waals surface area contributed by atoms with Gasteiger partial charge in [-0.15, -0.1) is 11.3 Å². The molecule has 2 aromatic heterocycles. The Morgan fingerprint density at radius 1 is 1.50 bits per heavy atom. The first-order valence-corrected chi connectivity index (χ1v) is 8.49. The van der Waals surface area contributed by atoms with Crippen LogP contribution in [-0.2, 0) is 30.0 Å². The van der Waals surface area contributed by atoms with Crippen molar-refractivity contribution in [2.24, 2.45) is 12.8 Å². The molecule has 0 atom stereocenters. The summed E-state index contributed by atoms with van der Waals surface area (Å²) in [6.45, 7) is 2.46. The summed E-state index contributed by atoms with van der Waals surface area (Å²) in [6.07, 6.45) is 4.08. The van der Waals surface area contributed by atoms with Crippen LogP contribution in [0.4, 0.5) is 0 Å². The van der Waals surface area contributed by atoms with E-state index in [1.165, 1.54) is 11.3 Å². The fourth-order valence-electron chi connectivity index (χ4n) is 1.90. The minimum absolute atomic E-state index is 0.320. The lowest BCUT2D eigenvalue weighted by Crippen LogP contribution is -2.26. The molecule has 0 aliphatic heterocycles. The van der Waals surface area contributed by atoms with Crippen molar-refractivity contribution in [3.05, 3.63) is 34.0 Å². The number of thiophene rings is 1. The SMILES string of the molecule is Cc1sc(CN)cc1S(=O)(=O)NCCc1nccn1C. The van der Waals surface area contributed by atoms with Gasteiger partial charge in [0, 0.05) is 48.7 Å². The Bertz CT molecular complexity index is 688. The molecule has 0 aromatic carbocycles. The highest BCUT2D eigenvalue weighted by Gasteiger charge is 2.19. The number of nitrogens with zero attached hydrogens (tertiary/aromatic N) is 2. The molecule has 20 heavy (non-hydrogen) atoms. The van der Waals surface area contributed by atoms with E-state index in [2.05, 4.69) is 9.71 Å². The van der Waals surface area contributed by atoms with Gasteiger partial charge >= 0.3 is 0 Å². The van der Waals surface area contributed by atoms with Gasteiger partial charge in [0.1, 0.15) is 5.82 Å². The number of sulfonamides is 1. The van der Waals surface area contributed by atoms with Gasteiger partial charge < -0.3 is 10.3 Å². The standard InChI is InChI=1S/C12H18N4O2S2/c1-9-11(7-10(8-13)19-9)20(17,18)15-4-3-12-14-5-6-16(12)2/h5-7,15H,3-4,8,13H2,1-2H3. The minimum atomic E-state index is -3.48. The van der Waals surface area contributed by atoms with Crippen LogP contribution >= 0.6 is 11.3 Å². The molecule has 0 spiro atoms. The summed E-state index contributed by atoms with van der Waals surface area (Å²) in [6, 6.07) is 1.64. The Labute approximate surface area is 122 Å². The molecule has 0 unspecified atom stereocenters. The highest BCUT2D eigenvalue weighted by atomic mass is 32.2. The zero-order valence-corrected chi connectivity index (χ0v) is 13.1. The Morgan fingerprint density at radius 2 is 2.25 bits per heavy atom. The largest absolute Gasteiger partial charge is 0.338 e. The Morgan fingerprint density at radius 3 is 2.80 bits per heavy atom. The zero-order chi connectivity index (χ0) is 14.8. The third-order valence-corrected chi connectivity index (χ3v) is 5.76. The third-order valence-electron chi connectivity index (χ3n) is 2.98. The molecule has 0 amide bonds. The van der Waals surface area contributed by atoms with Crippen LogP contribution in [0.1, 0.15) is 15.6 Å². The molecule has 2 rings (SSSR count). The molecule has 2 aromatic rings. The zero-order valence-electron chi connectivity index (χ0n) is 11.5. The highest BCUT2D eigenvalue weighted by Crippen LogP contribution is 2.25. The molecule has 8 heteroatoms. The lowest BCUT2D eigenvalue weighted by molar-refractivity contribution is 0.580. The lowest BCUT2D eigenvalue weighted by atomic mass is 10.4. The predicted octanol–water partition coefficient (Wildman–Crippen LogP) is 0.770. The average Bonchev–Trinajstić information content (AvgIpc) is 2.96. The summed E-state index contributed by atoms with van der Waals surface area (Å²) in [5, 5.41) is 0. The number of nitrogens with one attached hydrogen (secondary N) is 1. The summed E-state index contributed by atoms with van der Waals surface area (Å²) >= 11 is 1.41. The highest BCUT2D eigenvalue weighted by molar-refractivity contribution is 7.89. The molecule has 0 saturated heterocycles. The molecule has 110 valence electrons. The Kier molecular flexibility index (Phi) is 4.59. The van der Waals surface area contributed by atoms with Crippen molar-refractivity contribution < 1.29 is 8.42 Å². The van der Waals surface area contributed by atoms with E-state index >= 15 is 0 Å². The van der Waals surface area contributed by atoms with Crippen LogP contribution in [0.15, 0.2) is 23.4 Å². The topological polar surface area (TPSA) is 90.0 Å². The second kappa shape index (κ2) is 6.04. The first-order valence-electron chi connectivity index (χ1n) is 6.19. The van der Waals surface area contributed by atoms with Crippen LogP contribution in [0.3, 0.4) is 0 Å². The first-order chi connectivity index (χ1) is 9.44. The maximum Gasteiger partial charge on any atom is 0.241 e. The van der Waals surface area contributed by atoms with Gasteiger partial charge in [-0.2, -0.15) is 0 Å². The normalized spacial score (nSPS) is 11.9. The smallest absolute Gasteiger partial charge is 0.241 e. The van der Waals surface area contributed by atoms with E-state index in [9.17, 15) is 8.42 Å². The van der Waals surface area contributed by atoms with Crippen molar-refractivity contribution in [2.45, 2.75) is 24.8 Å². The summed E-state index contributed by atoms with van der Waals surface area (Å²) in [7, 11) is -1.60. The van der Waals surface area contributed by atoms with Crippen molar-refractivity contribution >= 4 is 21.4 Å². The molecule has 2 heterocycles. The molecule has 0 bridgehead atoms. The number of imidazole rings is 1. The molecule has 0 aliphatic carbocycles. The molecule has 0 fully saturated rings. The van der Waals surface area contributed by atoms with E-state index in [1.54, 1.807) is 19.2 Å². The summed E-state index contributed by atoms with van der Waals surface area (Å²) < 4.78 is 28.9. The van der Waals surface area contributed by atoms with Gasteiger partial charge in [-0.25, -0.2) is 18.1 Å². The van der Waals surface area contributed by atoms with Gasteiger partial charge in [-0.1, -0.05) is 0 Å². The molecular weight excluding hydrogens is 296 g/mol. The maximum atomic E-state index is 12.2. The molecule has 3 N–H and O–H groups in total. The van der Waals surface area contributed by atoms with E-state index < -0.39 is 10.0 Å². The monoisotopic (exact) mass is 314 g/mol. The number of nitrogens with two attached hydrogens (primary N) is 1. The fraction of sp³-hybridized carbons (Fsp3) is 0.417. The van der Waals surface area contributed by atoms with Crippen LogP contribution in [0.2, 0.25) is 0 Å². The van der Waals surface area contributed by atoms with Crippen LogP contribution in [0.25, 0.3) is 0 Å². The van der Waals surface area contributed by atoms with E-state index in [4.69, 9.17) is 5.73 Å². The van der Waals surface area contributed by atoms with E-state index in [0.29, 0.717) is 24.4 Å². The molecular formula is C12H18N4O2S2. The van der Waals surface area contributed by atoms with Crippen LogP contribution in [0.5, 0.6) is 0 Å². The summed E-state index contributed by atoms with van der Waals surface area (Å²) in [4.78, 5) is 6.11. The quantitative estimate of drug-likeness (QED) is 0.824. The Hall–Kier alpha value is -1.22. The van der Waals surface area contributed by atoms with Crippen molar-refractivity contribution in [2.75, 3.05) is 6.54 Å². The lowest BCUT2D eigenvalue weighted by Gasteiger charge is -2.06. The van der Waals surface area contributed by atoms with Gasteiger partial charge in [0.2, 0.25) is 10.0 Å². The maximum absolute atomic E-state index is 12.2. The molecule has 0 radical (unpaired) electrons. The Balaban J connectivity index is 2.04. The van der Waals surface area contributed by atoms with Crippen LogP contribution in [-0.4, -0.2) is 24.5 Å². The fourth-order valence-corrected chi connectivity index (χ4v) is 4.45. The third kappa shape index (κ3) is 3.26. The number of aromatic nitrogens is 2. The van der Waals surface area contributed by atoms with Crippen molar-refractivity contribution in [1.29, 1.82) is 0 Å². The van der Waals surface area contributed by atoms with Crippen molar-refractivity contribution in [3.8, 4) is 0 Å². The molecule has 0 saturated carbocycles. The van der Waals surface area contributed by atoms with Gasteiger partial charge in [0.15, 0.2) is 0 Å². The second-order valence-electron chi connectivity index (χ2n) is 4.44. The number of hydrogen-bond acceptors (Lipinski definition) is 5. The predicted molar refractivity (Wildman–Crippen MR) is 79.0 cm³/mol. The number of rotatable bonds is 6. The summed E-state index contributed by atoms with van der Waals surface area (Å²) in [5.74, 6) is 0.845. The van der Waals surface area contributed by atoms with Gasteiger partial charge in [-0.05, 0) is 13.0 Å². The van der Waals surface area contributed by atoms with Crippen molar-refractivity contribution in [1.82, 2.24) is 14.3 Å². The van der Waals surface area contributed by atoms with Crippen LogP contribution in [0, 0.1) is 6.92 Å². The summed E-state index contributed by atoms with van der Waals surface area (Å²) in [5.41, 5.74) is 5.54. The van der Waals surface area contributed by atoms with Crippen LogP contribution < -0.4 is 10.5 Å². The van der Waals surface area contributed by atoms with Crippen molar-refractivity contribution in [3.63, 3.8) is 0 Å². The number of hydrogen-bond donors (Lipinski definition) is 2. The van der Waals surface area contributed by atoms with Gasteiger partial charge in [-0.3, -0.25) is 0 Å². The van der Waals surface area contributed by atoms with Gasteiger partial charge in [0.25, 0.3) is 0 Å². The van der Waals surface area contributed by atoms with E-state index in [1.807, 2.05) is 17.8 Å². The average molecular weight is 314 g/mol. The number of aryl methyl sites for hydroxylation is 2. The minimum Gasteiger partial charge on any atom is -0.338 e. The molecule has 0 aliphatic rings. The second-order valence-corrected chi connectivity index (χ2v) is 7.52. The molecule has 6 nitrogen and oxygen atoms in total. The first kappa shape index (κ1) is 15.2. The van der Waals surface area contributed by atoms with Gasteiger partial charge in [0.05, 0.1) is 4.90 Å². The van der Waals surface area contributed by atoms with E-state index in [0.717, 1.165) is 15.6 Å². The van der Waals surface area contributed by atoms with E-state index in [-0.39, 0.29) is 0 Å².